The Kier molecular flexibility index (Phi) is 5.38. The van der Waals surface area contributed by atoms with Crippen molar-refractivity contribution in [3.8, 4) is 23.0 Å². The Morgan fingerprint density at radius 2 is 1.72 bits per heavy atom. The lowest BCUT2D eigenvalue weighted by atomic mass is 10.1. The first kappa shape index (κ1) is 19.6. The zero-order valence-corrected chi connectivity index (χ0v) is 17.9. The molecule has 2 aromatic carbocycles. The second-order valence-electron chi connectivity index (χ2n) is 6.65. The molecule has 0 saturated carbocycles. The van der Waals surface area contributed by atoms with Crippen LogP contribution in [-0.4, -0.2) is 18.6 Å². The van der Waals surface area contributed by atoms with Crippen LogP contribution in [0.25, 0.3) is 23.0 Å². The molecule has 148 valence electrons. The number of halogens is 1. The molecule has 0 bridgehead atoms. The highest BCUT2D eigenvalue weighted by molar-refractivity contribution is 9.10. The predicted octanol–water partition coefficient (Wildman–Crippen LogP) is 5.18. The van der Waals surface area contributed by atoms with E-state index in [9.17, 15) is 8.42 Å². The second kappa shape index (κ2) is 7.96. The summed E-state index contributed by atoms with van der Waals surface area (Å²) in [5, 5.41) is 3.96. The van der Waals surface area contributed by atoms with Gasteiger partial charge < -0.3 is 8.94 Å². The molecule has 0 amide bonds. The average Bonchev–Trinajstić information content (AvgIpc) is 3.33. The Morgan fingerprint density at radius 3 is 2.48 bits per heavy atom. The van der Waals surface area contributed by atoms with Crippen LogP contribution in [0.15, 0.2) is 74.1 Å². The summed E-state index contributed by atoms with van der Waals surface area (Å²) in [5.74, 6) is 1.06. The van der Waals surface area contributed by atoms with Crippen LogP contribution in [0, 0.1) is 6.92 Å². The minimum Gasteiger partial charge on any atom is -0.455 e. The molecule has 0 radical (unpaired) electrons. The van der Waals surface area contributed by atoms with Crippen molar-refractivity contribution in [2.45, 2.75) is 18.4 Å². The first-order valence-electron chi connectivity index (χ1n) is 8.83. The van der Waals surface area contributed by atoms with E-state index in [0.717, 1.165) is 21.2 Å². The third-order valence-corrected chi connectivity index (χ3v) is 6.40. The summed E-state index contributed by atoms with van der Waals surface area (Å²) in [7, 11) is -3.39. The van der Waals surface area contributed by atoms with Gasteiger partial charge in [0.2, 0.25) is 5.82 Å². The van der Waals surface area contributed by atoms with Crippen LogP contribution in [-0.2, 0) is 21.3 Å². The highest BCUT2D eigenvalue weighted by Crippen LogP contribution is 2.26. The van der Waals surface area contributed by atoms with E-state index in [0.29, 0.717) is 17.3 Å². The highest BCUT2D eigenvalue weighted by Gasteiger charge is 2.19. The number of benzene rings is 2. The summed E-state index contributed by atoms with van der Waals surface area (Å²) in [4.78, 5) is 4.33. The van der Waals surface area contributed by atoms with Crippen LogP contribution in [0.4, 0.5) is 0 Å². The fraction of sp³-hybridized carbons (Fsp3) is 0.143. The molecule has 8 heteroatoms. The molecule has 0 spiro atoms. The van der Waals surface area contributed by atoms with Crippen LogP contribution in [0.3, 0.4) is 0 Å². The van der Waals surface area contributed by atoms with Crippen molar-refractivity contribution in [1.82, 2.24) is 10.1 Å². The summed E-state index contributed by atoms with van der Waals surface area (Å²) < 4.78 is 37.0. The predicted molar refractivity (Wildman–Crippen MR) is 113 cm³/mol. The fourth-order valence-electron chi connectivity index (χ4n) is 2.89. The second-order valence-corrected chi connectivity index (χ2v) is 9.63. The van der Waals surface area contributed by atoms with Crippen LogP contribution in [0.1, 0.15) is 16.9 Å². The molecule has 6 nitrogen and oxygen atoms in total. The van der Waals surface area contributed by atoms with Crippen molar-refractivity contribution >= 4 is 25.8 Å². The summed E-state index contributed by atoms with van der Waals surface area (Å²) in [6.07, 6.45) is 0. The first-order chi connectivity index (χ1) is 13.9. The number of sulfone groups is 1. The molecule has 2 aromatic heterocycles. The van der Waals surface area contributed by atoms with E-state index >= 15 is 0 Å². The molecule has 29 heavy (non-hydrogen) atoms. The molecule has 0 unspecified atom stereocenters. The van der Waals surface area contributed by atoms with Gasteiger partial charge in [0.05, 0.1) is 5.75 Å². The number of furan rings is 1. The fourth-order valence-corrected chi connectivity index (χ4v) is 4.64. The first-order valence-corrected chi connectivity index (χ1v) is 11.4. The molecule has 0 aliphatic rings. The van der Waals surface area contributed by atoms with Crippen LogP contribution < -0.4 is 0 Å². The Morgan fingerprint density at radius 1 is 0.966 bits per heavy atom. The molecule has 0 aliphatic heterocycles. The zero-order chi connectivity index (χ0) is 20.4. The summed E-state index contributed by atoms with van der Waals surface area (Å²) in [5.41, 5.74) is 2.54. The van der Waals surface area contributed by atoms with Crippen LogP contribution in [0.2, 0.25) is 0 Å². The molecule has 0 fully saturated rings. The molecule has 0 aliphatic carbocycles. The Balaban J connectivity index is 1.50. The minimum atomic E-state index is -3.39. The Hall–Kier alpha value is -2.71. The maximum absolute atomic E-state index is 12.6. The standard InChI is InChI=1S/C21H17BrN2O4S/c1-14-4-2-3-5-16(14)12-29(25,26)13-18-10-11-19(27-18)21-23-20(24-28-21)15-6-8-17(22)9-7-15/h2-11H,12-13H2,1H3. The lowest BCUT2D eigenvalue weighted by Gasteiger charge is -2.06. The van der Waals surface area contributed by atoms with Gasteiger partial charge in [0.1, 0.15) is 11.5 Å². The van der Waals surface area contributed by atoms with Crippen molar-refractivity contribution in [3.05, 3.63) is 82.0 Å². The zero-order valence-electron chi connectivity index (χ0n) is 15.5. The molecule has 0 saturated heterocycles. The number of aryl methyl sites for hydroxylation is 1. The topological polar surface area (TPSA) is 86.2 Å². The van der Waals surface area contributed by atoms with Crippen molar-refractivity contribution < 1.29 is 17.4 Å². The molecule has 2 heterocycles. The Labute approximate surface area is 176 Å². The number of aromatic nitrogens is 2. The quantitative estimate of drug-likeness (QED) is 0.384. The van der Waals surface area contributed by atoms with Gasteiger partial charge in [-0.25, -0.2) is 8.42 Å². The van der Waals surface area contributed by atoms with Gasteiger partial charge in [0.15, 0.2) is 15.6 Å². The molecular weight excluding hydrogens is 456 g/mol. The average molecular weight is 473 g/mol. The summed E-state index contributed by atoms with van der Waals surface area (Å²) in [6.45, 7) is 1.90. The largest absolute Gasteiger partial charge is 0.455 e. The van der Waals surface area contributed by atoms with Gasteiger partial charge >= 0.3 is 0 Å². The number of hydrogen-bond donors (Lipinski definition) is 0. The van der Waals surface area contributed by atoms with Gasteiger partial charge in [-0.05, 0) is 54.4 Å². The van der Waals surface area contributed by atoms with Crippen molar-refractivity contribution in [2.75, 3.05) is 0 Å². The van der Waals surface area contributed by atoms with Crippen molar-refractivity contribution in [1.29, 1.82) is 0 Å². The molecular formula is C21H17BrN2O4S. The minimum absolute atomic E-state index is 0.0377. The summed E-state index contributed by atoms with van der Waals surface area (Å²) in [6, 6.07) is 18.2. The maximum atomic E-state index is 12.6. The number of hydrogen-bond acceptors (Lipinski definition) is 6. The van der Waals surface area contributed by atoms with Gasteiger partial charge in [-0.15, -0.1) is 0 Å². The molecule has 4 aromatic rings. The monoisotopic (exact) mass is 472 g/mol. The van der Waals surface area contributed by atoms with E-state index in [2.05, 4.69) is 26.1 Å². The normalized spacial score (nSPS) is 11.7. The van der Waals surface area contributed by atoms with Crippen molar-refractivity contribution in [3.63, 3.8) is 0 Å². The van der Waals surface area contributed by atoms with E-state index in [4.69, 9.17) is 8.94 Å². The van der Waals surface area contributed by atoms with Crippen LogP contribution >= 0.6 is 15.9 Å². The lowest BCUT2D eigenvalue weighted by molar-refractivity contribution is 0.413. The lowest BCUT2D eigenvalue weighted by Crippen LogP contribution is -2.08. The van der Waals surface area contributed by atoms with E-state index in [1.54, 1.807) is 12.1 Å². The van der Waals surface area contributed by atoms with Crippen LogP contribution in [0.5, 0.6) is 0 Å². The van der Waals surface area contributed by atoms with E-state index in [1.807, 2.05) is 55.5 Å². The van der Waals surface area contributed by atoms with E-state index in [-0.39, 0.29) is 17.4 Å². The SMILES string of the molecule is Cc1ccccc1CS(=O)(=O)Cc1ccc(-c2nc(-c3ccc(Br)cc3)no2)o1. The third kappa shape index (κ3) is 4.65. The third-order valence-electron chi connectivity index (χ3n) is 4.40. The molecule has 4 rings (SSSR count). The highest BCUT2D eigenvalue weighted by atomic mass is 79.9. The summed E-state index contributed by atoms with van der Waals surface area (Å²) >= 11 is 3.38. The maximum Gasteiger partial charge on any atom is 0.293 e. The molecule has 0 atom stereocenters. The van der Waals surface area contributed by atoms with Gasteiger partial charge in [0, 0.05) is 10.0 Å². The van der Waals surface area contributed by atoms with Gasteiger partial charge in [-0.2, -0.15) is 4.98 Å². The number of nitrogens with zero attached hydrogens (tertiary/aromatic N) is 2. The van der Waals surface area contributed by atoms with Gasteiger partial charge in [-0.1, -0.05) is 45.4 Å². The Bertz CT molecular complexity index is 1240. The number of rotatable bonds is 6. The van der Waals surface area contributed by atoms with E-state index < -0.39 is 9.84 Å². The van der Waals surface area contributed by atoms with Gasteiger partial charge in [-0.3, -0.25) is 0 Å². The van der Waals surface area contributed by atoms with Gasteiger partial charge in [0.25, 0.3) is 5.89 Å². The molecule has 0 N–H and O–H groups in total. The van der Waals surface area contributed by atoms with E-state index in [1.165, 1.54) is 0 Å². The van der Waals surface area contributed by atoms with Crippen molar-refractivity contribution in [2.24, 2.45) is 0 Å². The smallest absolute Gasteiger partial charge is 0.293 e.